The molecule has 4 aromatic rings. The number of rotatable bonds is 12. The monoisotopic (exact) mass is 587 g/mol. The number of carbonyl (C=O) groups excluding carboxylic acids is 3. The highest BCUT2D eigenvalue weighted by Crippen LogP contribution is 2.29. The summed E-state index contributed by atoms with van der Waals surface area (Å²) in [6, 6.07) is 31.3. The van der Waals surface area contributed by atoms with E-state index in [9.17, 15) is 14.4 Å². The molecule has 0 radical (unpaired) electrons. The quantitative estimate of drug-likeness (QED) is 0.0545. The molecule has 0 bridgehead atoms. The fourth-order valence-electron chi connectivity index (χ4n) is 3.58. The lowest BCUT2D eigenvalue weighted by Crippen LogP contribution is -2.17. The van der Waals surface area contributed by atoms with Gasteiger partial charge in [-0.2, -0.15) is 0 Å². The van der Waals surface area contributed by atoms with Crippen molar-refractivity contribution < 1.29 is 19.2 Å². The SMILES string of the molecule is CCC(=O)ON=C(CCSc1ccc(Cl)cc1)C(=O)c1ccc(Sc2ccc(C(=O)c3ccccc3)cc2)cc1. The fraction of sp³-hybridized carbons (Fsp3) is 0.125. The summed E-state index contributed by atoms with van der Waals surface area (Å²) < 4.78 is 0. The summed E-state index contributed by atoms with van der Waals surface area (Å²) in [6.45, 7) is 1.67. The normalized spacial score (nSPS) is 11.2. The number of oxime groups is 1. The van der Waals surface area contributed by atoms with E-state index >= 15 is 0 Å². The molecule has 0 amide bonds. The van der Waals surface area contributed by atoms with Crippen molar-refractivity contribution in [3.05, 3.63) is 125 Å². The average molecular weight is 588 g/mol. The molecular formula is C32H26ClNO4S2. The number of nitrogens with zero attached hydrogens (tertiary/aromatic N) is 1. The van der Waals surface area contributed by atoms with Crippen LogP contribution >= 0.6 is 35.1 Å². The summed E-state index contributed by atoms with van der Waals surface area (Å²) in [6.07, 6.45) is 0.492. The van der Waals surface area contributed by atoms with Gasteiger partial charge in [0.2, 0.25) is 5.78 Å². The Bertz CT molecular complexity index is 1490. The number of hydrogen-bond donors (Lipinski definition) is 0. The average Bonchev–Trinajstić information content (AvgIpc) is 3.00. The lowest BCUT2D eigenvalue weighted by molar-refractivity contribution is -0.143. The van der Waals surface area contributed by atoms with E-state index in [4.69, 9.17) is 16.4 Å². The second-order valence-corrected chi connectivity index (χ2v) is 11.3. The third-order valence-electron chi connectivity index (χ3n) is 5.73. The molecule has 0 spiro atoms. The van der Waals surface area contributed by atoms with Gasteiger partial charge < -0.3 is 4.84 Å². The zero-order chi connectivity index (χ0) is 28.3. The maximum Gasteiger partial charge on any atom is 0.334 e. The molecule has 0 N–H and O–H groups in total. The number of thioether (sulfide) groups is 1. The standard InChI is InChI=1S/C32H26ClNO4S2/c1-2-30(35)38-34-29(20-21-39-26-18-12-25(33)13-19-26)32(37)24-10-16-28(17-11-24)40-27-14-8-23(9-15-27)31(36)22-6-4-3-5-7-22/h3-19H,2,20-21H2,1H3. The highest BCUT2D eigenvalue weighted by molar-refractivity contribution is 7.99. The summed E-state index contributed by atoms with van der Waals surface area (Å²) >= 11 is 9.04. The van der Waals surface area contributed by atoms with Crippen molar-refractivity contribution >= 4 is 58.4 Å². The summed E-state index contributed by atoms with van der Waals surface area (Å²) in [5.74, 6) is -0.236. The van der Waals surface area contributed by atoms with Crippen LogP contribution in [-0.2, 0) is 9.63 Å². The molecule has 0 aliphatic heterocycles. The highest BCUT2D eigenvalue weighted by atomic mass is 35.5. The van der Waals surface area contributed by atoms with Crippen molar-refractivity contribution in [1.29, 1.82) is 0 Å². The minimum absolute atomic E-state index is 0.0198. The molecule has 0 aromatic heterocycles. The van der Waals surface area contributed by atoms with Crippen LogP contribution in [0.25, 0.3) is 0 Å². The van der Waals surface area contributed by atoms with Crippen molar-refractivity contribution in [1.82, 2.24) is 0 Å². The molecule has 4 aromatic carbocycles. The Hall–Kier alpha value is -3.65. The number of ketones is 2. The van der Waals surface area contributed by atoms with E-state index in [0.29, 0.717) is 33.9 Å². The summed E-state index contributed by atoms with van der Waals surface area (Å²) in [4.78, 5) is 45.4. The van der Waals surface area contributed by atoms with Crippen LogP contribution in [-0.4, -0.2) is 29.0 Å². The number of benzene rings is 4. The van der Waals surface area contributed by atoms with Gasteiger partial charge in [0.25, 0.3) is 0 Å². The zero-order valence-electron chi connectivity index (χ0n) is 21.7. The molecule has 0 aliphatic carbocycles. The Kier molecular flexibility index (Phi) is 10.7. The molecule has 8 heteroatoms. The molecule has 4 rings (SSSR count). The van der Waals surface area contributed by atoms with Crippen molar-refractivity contribution in [2.75, 3.05) is 5.75 Å². The highest BCUT2D eigenvalue weighted by Gasteiger charge is 2.17. The maximum absolute atomic E-state index is 13.2. The fourth-order valence-corrected chi connectivity index (χ4v) is 5.38. The van der Waals surface area contributed by atoms with Gasteiger partial charge >= 0.3 is 5.97 Å². The molecule has 40 heavy (non-hydrogen) atoms. The van der Waals surface area contributed by atoms with Crippen LogP contribution in [0.15, 0.2) is 123 Å². The van der Waals surface area contributed by atoms with Crippen molar-refractivity contribution in [2.45, 2.75) is 34.5 Å². The lowest BCUT2D eigenvalue weighted by atomic mass is 10.0. The van der Waals surface area contributed by atoms with Crippen LogP contribution in [0.4, 0.5) is 0 Å². The van der Waals surface area contributed by atoms with Crippen LogP contribution < -0.4 is 0 Å². The molecule has 0 saturated carbocycles. The molecule has 0 unspecified atom stereocenters. The third-order valence-corrected chi connectivity index (χ3v) is 8.02. The molecule has 0 fully saturated rings. The summed E-state index contributed by atoms with van der Waals surface area (Å²) in [5, 5.41) is 4.56. The van der Waals surface area contributed by atoms with E-state index in [1.54, 1.807) is 43.0 Å². The van der Waals surface area contributed by atoms with Gasteiger partial charge in [-0.15, -0.1) is 11.8 Å². The van der Waals surface area contributed by atoms with Gasteiger partial charge in [-0.1, -0.05) is 65.8 Å². The van der Waals surface area contributed by atoms with Crippen molar-refractivity contribution in [2.24, 2.45) is 5.16 Å². The first-order valence-corrected chi connectivity index (χ1v) is 14.8. The molecule has 0 heterocycles. The van der Waals surface area contributed by atoms with Gasteiger partial charge in [0.15, 0.2) is 5.78 Å². The minimum Gasteiger partial charge on any atom is -0.318 e. The van der Waals surface area contributed by atoms with Crippen LogP contribution in [0.3, 0.4) is 0 Å². The van der Waals surface area contributed by atoms with Crippen molar-refractivity contribution in [3.63, 3.8) is 0 Å². The number of carbonyl (C=O) groups is 3. The van der Waals surface area contributed by atoms with E-state index < -0.39 is 5.97 Å². The third kappa shape index (κ3) is 8.42. The Labute approximate surface area is 247 Å². The van der Waals surface area contributed by atoms with Crippen LogP contribution in [0, 0.1) is 0 Å². The minimum atomic E-state index is -0.501. The first-order chi connectivity index (χ1) is 19.4. The van der Waals surface area contributed by atoms with E-state index in [2.05, 4.69) is 5.16 Å². The second-order valence-electron chi connectivity index (χ2n) is 8.58. The zero-order valence-corrected chi connectivity index (χ0v) is 24.1. The van der Waals surface area contributed by atoms with Crippen LogP contribution in [0.1, 0.15) is 46.0 Å². The van der Waals surface area contributed by atoms with E-state index in [-0.39, 0.29) is 23.7 Å². The Morgan fingerprint density at radius 2 is 1.27 bits per heavy atom. The largest absolute Gasteiger partial charge is 0.334 e. The van der Waals surface area contributed by atoms with E-state index in [1.165, 1.54) is 11.8 Å². The van der Waals surface area contributed by atoms with Crippen molar-refractivity contribution in [3.8, 4) is 0 Å². The Balaban J connectivity index is 1.40. The van der Waals surface area contributed by atoms with Gasteiger partial charge in [-0.05, 0) is 72.8 Å². The lowest BCUT2D eigenvalue weighted by Gasteiger charge is -2.08. The van der Waals surface area contributed by atoms with Crippen LogP contribution in [0.2, 0.25) is 5.02 Å². The first kappa shape index (κ1) is 29.3. The van der Waals surface area contributed by atoms with Gasteiger partial charge in [0.1, 0.15) is 5.71 Å². The molecule has 202 valence electrons. The Morgan fingerprint density at radius 1 is 0.725 bits per heavy atom. The summed E-state index contributed by atoms with van der Waals surface area (Å²) in [5.41, 5.74) is 1.92. The summed E-state index contributed by atoms with van der Waals surface area (Å²) in [7, 11) is 0. The molecule has 5 nitrogen and oxygen atoms in total. The van der Waals surface area contributed by atoms with E-state index in [1.807, 2.05) is 78.9 Å². The molecular weight excluding hydrogens is 562 g/mol. The Morgan fingerprint density at radius 3 is 1.88 bits per heavy atom. The number of Topliss-reactive ketones (excluding diaryl/α,β-unsaturated/α-hetero) is 1. The smallest absolute Gasteiger partial charge is 0.318 e. The number of halogens is 1. The van der Waals surface area contributed by atoms with Gasteiger partial charge in [0.05, 0.1) is 0 Å². The first-order valence-electron chi connectivity index (χ1n) is 12.6. The molecule has 0 atom stereocenters. The van der Waals surface area contributed by atoms with Gasteiger partial charge in [-0.3, -0.25) is 9.59 Å². The van der Waals surface area contributed by atoms with Gasteiger partial charge in [0, 0.05) is 55.0 Å². The number of hydrogen-bond acceptors (Lipinski definition) is 7. The van der Waals surface area contributed by atoms with Crippen LogP contribution in [0.5, 0.6) is 0 Å². The predicted octanol–water partition coefficient (Wildman–Crippen LogP) is 8.40. The topological polar surface area (TPSA) is 72.8 Å². The molecule has 0 saturated heterocycles. The van der Waals surface area contributed by atoms with Gasteiger partial charge in [-0.25, -0.2) is 4.79 Å². The van der Waals surface area contributed by atoms with E-state index in [0.717, 1.165) is 14.7 Å². The molecule has 0 aliphatic rings. The maximum atomic E-state index is 13.2. The predicted molar refractivity (Wildman–Crippen MR) is 162 cm³/mol. The second kappa shape index (κ2) is 14.7.